The third-order valence-corrected chi connectivity index (χ3v) is 2.96. The molecule has 19 heavy (non-hydrogen) atoms. The number of anilines is 1. The van der Waals surface area contributed by atoms with Crippen molar-refractivity contribution < 1.29 is 14.7 Å². The molecule has 0 aliphatic heterocycles. The largest absolute Gasteiger partial charge is 0.480 e. The predicted octanol–water partition coefficient (Wildman–Crippen LogP) is 1.71. The van der Waals surface area contributed by atoms with Crippen LogP contribution in [0.1, 0.15) is 6.92 Å². The fraction of sp³-hybridized carbons (Fsp3) is 0.385. The Kier molecular flexibility index (Phi) is 5.63. The second-order valence-corrected chi connectivity index (χ2v) is 4.57. The fourth-order valence-corrected chi connectivity index (χ4v) is 1.72. The maximum atomic E-state index is 11.9. The van der Waals surface area contributed by atoms with Crippen LogP contribution in [0.5, 0.6) is 0 Å². The van der Waals surface area contributed by atoms with E-state index in [2.05, 4.69) is 0 Å². The summed E-state index contributed by atoms with van der Waals surface area (Å²) in [6.07, 6.45) is 0. The number of hydrogen-bond donors (Lipinski definition) is 1. The topological polar surface area (TPSA) is 60.9 Å². The van der Waals surface area contributed by atoms with Crippen molar-refractivity contribution in [2.45, 2.75) is 6.92 Å². The summed E-state index contributed by atoms with van der Waals surface area (Å²) < 4.78 is 0. The number of aliphatic carboxylic acids is 1. The molecule has 104 valence electrons. The van der Waals surface area contributed by atoms with Crippen LogP contribution in [0.2, 0.25) is 5.02 Å². The van der Waals surface area contributed by atoms with Gasteiger partial charge in [0.1, 0.15) is 6.54 Å². The van der Waals surface area contributed by atoms with Crippen LogP contribution in [0.25, 0.3) is 0 Å². The minimum atomic E-state index is -0.994. The molecule has 0 radical (unpaired) electrons. The lowest BCUT2D eigenvalue weighted by atomic mass is 10.2. The first-order valence-electron chi connectivity index (χ1n) is 5.90. The monoisotopic (exact) mass is 284 g/mol. The van der Waals surface area contributed by atoms with Crippen LogP contribution < -0.4 is 4.90 Å². The molecule has 0 atom stereocenters. The lowest BCUT2D eigenvalue weighted by molar-refractivity contribution is -0.135. The molecular formula is C13H17ClN2O3. The molecule has 0 saturated carbocycles. The van der Waals surface area contributed by atoms with Crippen molar-refractivity contribution in [3.63, 3.8) is 0 Å². The van der Waals surface area contributed by atoms with Gasteiger partial charge in [-0.15, -0.1) is 0 Å². The smallest absolute Gasteiger partial charge is 0.323 e. The summed E-state index contributed by atoms with van der Waals surface area (Å²) in [5.41, 5.74) is 0.618. The molecule has 0 aliphatic carbocycles. The number of rotatable bonds is 6. The van der Waals surface area contributed by atoms with Gasteiger partial charge in [-0.05, 0) is 25.1 Å². The van der Waals surface area contributed by atoms with Crippen molar-refractivity contribution in [1.29, 1.82) is 0 Å². The summed E-state index contributed by atoms with van der Waals surface area (Å²) in [6.45, 7) is 2.20. The van der Waals surface area contributed by atoms with E-state index in [4.69, 9.17) is 16.7 Å². The molecule has 6 heteroatoms. The van der Waals surface area contributed by atoms with Gasteiger partial charge in [-0.2, -0.15) is 0 Å². The molecule has 0 aromatic heterocycles. The zero-order valence-corrected chi connectivity index (χ0v) is 11.7. The molecule has 0 heterocycles. The molecule has 1 rings (SSSR count). The van der Waals surface area contributed by atoms with E-state index in [1.807, 2.05) is 6.92 Å². The maximum absolute atomic E-state index is 11.9. The van der Waals surface area contributed by atoms with Crippen LogP contribution in [0, 0.1) is 0 Å². The Labute approximate surface area is 117 Å². The van der Waals surface area contributed by atoms with E-state index >= 15 is 0 Å². The molecule has 0 spiro atoms. The zero-order chi connectivity index (χ0) is 14.4. The van der Waals surface area contributed by atoms with Crippen molar-refractivity contribution in [2.75, 3.05) is 31.6 Å². The summed E-state index contributed by atoms with van der Waals surface area (Å²) in [7, 11) is 1.68. The molecule has 1 aromatic rings. The van der Waals surface area contributed by atoms with E-state index in [9.17, 15) is 9.59 Å². The minimum Gasteiger partial charge on any atom is -0.480 e. The summed E-state index contributed by atoms with van der Waals surface area (Å²) in [4.78, 5) is 25.8. The van der Waals surface area contributed by atoms with Crippen molar-refractivity contribution in [3.05, 3.63) is 29.3 Å². The van der Waals surface area contributed by atoms with Gasteiger partial charge in [0.2, 0.25) is 5.91 Å². The SMILES string of the molecule is CCN(C)C(=O)CN(CC(=O)O)c1cccc(Cl)c1. The Hall–Kier alpha value is -1.75. The number of benzene rings is 1. The molecule has 0 aliphatic rings. The van der Waals surface area contributed by atoms with Crippen LogP contribution in [-0.4, -0.2) is 48.6 Å². The highest BCUT2D eigenvalue weighted by atomic mass is 35.5. The number of hydrogen-bond acceptors (Lipinski definition) is 3. The van der Waals surface area contributed by atoms with Gasteiger partial charge in [-0.1, -0.05) is 17.7 Å². The van der Waals surface area contributed by atoms with Crippen molar-refractivity contribution in [1.82, 2.24) is 4.90 Å². The van der Waals surface area contributed by atoms with Gasteiger partial charge < -0.3 is 14.9 Å². The number of carboxylic acids is 1. The van der Waals surface area contributed by atoms with Crippen molar-refractivity contribution in [2.24, 2.45) is 0 Å². The molecule has 0 bridgehead atoms. The predicted molar refractivity (Wildman–Crippen MR) is 74.6 cm³/mol. The standard InChI is InChI=1S/C13H17ClN2O3/c1-3-15(2)12(17)8-16(9-13(18)19)11-6-4-5-10(14)7-11/h4-7H,3,8-9H2,1-2H3,(H,18,19). The highest BCUT2D eigenvalue weighted by Gasteiger charge is 2.17. The van der Waals surface area contributed by atoms with Gasteiger partial charge in [-0.25, -0.2) is 0 Å². The van der Waals surface area contributed by atoms with Crippen molar-refractivity contribution in [3.8, 4) is 0 Å². The van der Waals surface area contributed by atoms with Crippen LogP contribution in [0.3, 0.4) is 0 Å². The molecule has 1 amide bonds. The van der Waals surface area contributed by atoms with E-state index < -0.39 is 5.97 Å². The summed E-state index contributed by atoms with van der Waals surface area (Å²) >= 11 is 5.88. The van der Waals surface area contributed by atoms with Gasteiger partial charge in [-0.3, -0.25) is 9.59 Å². The van der Waals surface area contributed by atoms with Gasteiger partial charge in [0.05, 0.1) is 6.54 Å². The molecule has 5 nitrogen and oxygen atoms in total. The number of carbonyl (C=O) groups is 2. The van der Waals surface area contributed by atoms with Gasteiger partial charge in [0.15, 0.2) is 0 Å². The Morgan fingerprint density at radius 2 is 2.00 bits per heavy atom. The van der Waals surface area contributed by atoms with E-state index in [1.54, 1.807) is 36.2 Å². The number of amides is 1. The van der Waals surface area contributed by atoms with Crippen LogP contribution in [0.4, 0.5) is 5.69 Å². The molecule has 1 N–H and O–H groups in total. The number of nitrogens with zero attached hydrogens (tertiary/aromatic N) is 2. The van der Waals surface area contributed by atoms with Crippen LogP contribution in [0.15, 0.2) is 24.3 Å². The molecule has 0 saturated heterocycles. The van der Waals surface area contributed by atoms with Gasteiger partial charge >= 0.3 is 5.97 Å². The normalized spacial score (nSPS) is 10.1. The average Bonchev–Trinajstić information content (AvgIpc) is 2.36. The summed E-state index contributed by atoms with van der Waals surface area (Å²) in [6, 6.07) is 6.79. The lowest BCUT2D eigenvalue weighted by Crippen LogP contribution is -2.40. The second kappa shape index (κ2) is 6.99. The second-order valence-electron chi connectivity index (χ2n) is 4.14. The zero-order valence-electron chi connectivity index (χ0n) is 11.0. The highest BCUT2D eigenvalue weighted by molar-refractivity contribution is 6.30. The van der Waals surface area contributed by atoms with E-state index in [-0.39, 0.29) is 19.0 Å². The Balaban J connectivity index is 2.89. The number of carboxylic acid groups (broad SMARTS) is 1. The highest BCUT2D eigenvalue weighted by Crippen LogP contribution is 2.19. The number of likely N-dealkylation sites (N-methyl/N-ethyl adjacent to an activating group) is 1. The third-order valence-electron chi connectivity index (χ3n) is 2.73. The fourth-order valence-electron chi connectivity index (χ4n) is 1.53. The third kappa shape index (κ3) is 4.79. The molecular weight excluding hydrogens is 268 g/mol. The first-order valence-corrected chi connectivity index (χ1v) is 6.28. The van der Waals surface area contributed by atoms with E-state index in [0.717, 1.165) is 0 Å². The first-order chi connectivity index (χ1) is 8.93. The van der Waals surface area contributed by atoms with Crippen molar-refractivity contribution >= 4 is 29.2 Å². The summed E-state index contributed by atoms with van der Waals surface area (Å²) in [5.74, 6) is -1.13. The number of carbonyl (C=O) groups excluding carboxylic acids is 1. The Morgan fingerprint density at radius 3 is 2.53 bits per heavy atom. The molecule has 0 unspecified atom stereocenters. The number of halogens is 1. The average molecular weight is 285 g/mol. The van der Waals surface area contributed by atoms with Gasteiger partial charge in [0, 0.05) is 24.3 Å². The quantitative estimate of drug-likeness (QED) is 0.864. The van der Waals surface area contributed by atoms with E-state index in [0.29, 0.717) is 17.3 Å². The van der Waals surface area contributed by atoms with Gasteiger partial charge in [0.25, 0.3) is 0 Å². The van der Waals surface area contributed by atoms with E-state index in [1.165, 1.54) is 4.90 Å². The molecule has 0 fully saturated rings. The van der Waals surface area contributed by atoms with Crippen LogP contribution >= 0.6 is 11.6 Å². The molecule has 1 aromatic carbocycles. The Bertz CT molecular complexity index is 465. The maximum Gasteiger partial charge on any atom is 0.323 e. The first kappa shape index (κ1) is 15.3. The van der Waals surface area contributed by atoms with Crippen LogP contribution in [-0.2, 0) is 9.59 Å². The summed E-state index contributed by atoms with van der Waals surface area (Å²) in [5, 5.41) is 9.43. The lowest BCUT2D eigenvalue weighted by Gasteiger charge is -2.25. The Morgan fingerprint density at radius 1 is 1.32 bits per heavy atom. The minimum absolute atomic E-state index is 0.0109.